The van der Waals surface area contributed by atoms with Gasteiger partial charge in [0.1, 0.15) is 5.75 Å². The highest BCUT2D eigenvalue weighted by molar-refractivity contribution is 5.94. The van der Waals surface area contributed by atoms with Gasteiger partial charge in [-0.25, -0.2) is 4.79 Å². The summed E-state index contributed by atoms with van der Waals surface area (Å²) in [5.41, 5.74) is 2.82. The lowest BCUT2D eigenvalue weighted by Crippen LogP contribution is -2.44. The van der Waals surface area contributed by atoms with Gasteiger partial charge in [-0.1, -0.05) is 31.2 Å². The first kappa shape index (κ1) is 22.7. The summed E-state index contributed by atoms with van der Waals surface area (Å²) in [5.74, 6) is 0.959. The zero-order valence-corrected chi connectivity index (χ0v) is 18.7. The summed E-state index contributed by atoms with van der Waals surface area (Å²) in [6, 6.07) is 15.5. The molecule has 1 aliphatic rings. The van der Waals surface area contributed by atoms with Crippen LogP contribution in [0.5, 0.6) is 5.75 Å². The molecule has 0 spiro atoms. The molecule has 0 aliphatic carbocycles. The minimum atomic E-state index is -0.0825. The maximum atomic E-state index is 13.0. The molecule has 2 aromatic rings. The molecule has 1 fully saturated rings. The Labute approximate surface area is 185 Å². The topological polar surface area (TPSA) is 70.7 Å². The number of amides is 3. The molecule has 6 heteroatoms. The number of rotatable bonds is 7. The molecule has 2 atom stereocenters. The number of carbonyl (C=O) groups excluding carboxylic acids is 2. The molecule has 0 saturated carbocycles. The first-order valence-corrected chi connectivity index (χ1v) is 11.1. The van der Waals surface area contributed by atoms with E-state index >= 15 is 0 Å². The van der Waals surface area contributed by atoms with Gasteiger partial charge in [0.05, 0.1) is 13.2 Å². The minimum absolute atomic E-state index is 0.00798. The second-order valence-electron chi connectivity index (χ2n) is 7.95. The zero-order chi connectivity index (χ0) is 22.2. The second kappa shape index (κ2) is 10.8. The molecule has 166 valence electrons. The van der Waals surface area contributed by atoms with Crippen molar-refractivity contribution in [3.63, 3.8) is 0 Å². The third-order valence-corrected chi connectivity index (χ3v) is 5.89. The van der Waals surface area contributed by atoms with Gasteiger partial charge in [-0.3, -0.25) is 4.79 Å². The molecule has 6 nitrogen and oxygen atoms in total. The van der Waals surface area contributed by atoms with E-state index in [0.29, 0.717) is 18.7 Å². The third kappa shape index (κ3) is 5.78. The number of hydrogen-bond acceptors (Lipinski definition) is 3. The van der Waals surface area contributed by atoms with Gasteiger partial charge in [0.2, 0.25) is 0 Å². The highest BCUT2D eigenvalue weighted by Crippen LogP contribution is 2.28. The van der Waals surface area contributed by atoms with E-state index in [1.807, 2.05) is 54.3 Å². The van der Waals surface area contributed by atoms with E-state index < -0.39 is 0 Å². The zero-order valence-electron chi connectivity index (χ0n) is 18.7. The van der Waals surface area contributed by atoms with Crippen molar-refractivity contribution in [2.24, 2.45) is 0 Å². The average Bonchev–Trinajstić information content (AvgIpc) is 2.83. The van der Waals surface area contributed by atoms with E-state index in [9.17, 15) is 9.59 Å². The molecule has 2 unspecified atom stereocenters. The fourth-order valence-electron chi connectivity index (χ4n) is 4.13. The number of likely N-dealkylation sites (tertiary alicyclic amines) is 1. The van der Waals surface area contributed by atoms with Crippen LogP contribution in [0.4, 0.5) is 4.79 Å². The molecule has 2 N–H and O–H groups in total. The third-order valence-electron chi connectivity index (χ3n) is 5.89. The van der Waals surface area contributed by atoms with Crippen molar-refractivity contribution in [1.29, 1.82) is 0 Å². The Kier molecular flexibility index (Phi) is 7.93. The first-order valence-electron chi connectivity index (χ1n) is 11.1. The largest absolute Gasteiger partial charge is 0.497 e. The maximum Gasteiger partial charge on any atom is 0.317 e. The van der Waals surface area contributed by atoms with Gasteiger partial charge in [-0.2, -0.15) is 0 Å². The highest BCUT2D eigenvalue weighted by atomic mass is 16.5. The van der Waals surface area contributed by atoms with Crippen molar-refractivity contribution in [1.82, 2.24) is 15.5 Å². The van der Waals surface area contributed by atoms with Crippen LogP contribution in [0.15, 0.2) is 48.5 Å². The van der Waals surface area contributed by atoms with Crippen LogP contribution in [0.2, 0.25) is 0 Å². The van der Waals surface area contributed by atoms with Crippen molar-refractivity contribution in [3.05, 3.63) is 65.2 Å². The summed E-state index contributed by atoms with van der Waals surface area (Å²) in [4.78, 5) is 27.1. The predicted molar refractivity (Wildman–Crippen MR) is 123 cm³/mol. The lowest BCUT2D eigenvalue weighted by atomic mass is 9.89. The van der Waals surface area contributed by atoms with Crippen LogP contribution in [-0.2, 0) is 0 Å². The molecule has 1 saturated heterocycles. The number of benzene rings is 2. The number of methoxy groups -OCH3 is 1. The standard InChI is InChI=1S/C25H33N3O3/c1-4-23(18-11-13-22(31-3)14-12-18)27-24(29)20-9-6-8-19(16-20)21-10-7-15-28(17-21)25(30)26-5-2/h6,8-9,11-14,16,21,23H,4-5,7,10,15,17H2,1-3H3,(H,26,30)(H,27,29). The van der Waals surface area contributed by atoms with Crippen molar-refractivity contribution >= 4 is 11.9 Å². The Balaban J connectivity index is 1.69. The van der Waals surface area contributed by atoms with Gasteiger partial charge in [-0.15, -0.1) is 0 Å². The number of carbonyl (C=O) groups is 2. The van der Waals surface area contributed by atoms with Crippen molar-refractivity contribution in [3.8, 4) is 5.75 Å². The van der Waals surface area contributed by atoms with Gasteiger partial charge >= 0.3 is 6.03 Å². The second-order valence-corrected chi connectivity index (χ2v) is 7.95. The average molecular weight is 424 g/mol. The van der Waals surface area contributed by atoms with Crippen LogP contribution in [0.1, 0.15) is 66.6 Å². The van der Waals surface area contributed by atoms with Crippen LogP contribution in [0, 0.1) is 0 Å². The van der Waals surface area contributed by atoms with E-state index in [2.05, 4.69) is 23.6 Å². The summed E-state index contributed by atoms with van der Waals surface area (Å²) in [7, 11) is 1.64. The van der Waals surface area contributed by atoms with E-state index in [-0.39, 0.29) is 23.9 Å². The van der Waals surface area contributed by atoms with Crippen LogP contribution >= 0.6 is 0 Å². The monoisotopic (exact) mass is 423 g/mol. The Morgan fingerprint density at radius 3 is 2.61 bits per heavy atom. The number of urea groups is 1. The Bertz CT molecular complexity index is 882. The van der Waals surface area contributed by atoms with Crippen LogP contribution < -0.4 is 15.4 Å². The number of nitrogens with zero attached hydrogens (tertiary/aromatic N) is 1. The predicted octanol–water partition coefficient (Wildman–Crippen LogP) is 4.49. The normalized spacial score (nSPS) is 17.0. The van der Waals surface area contributed by atoms with E-state index in [1.54, 1.807) is 7.11 Å². The Hall–Kier alpha value is -3.02. The summed E-state index contributed by atoms with van der Waals surface area (Å²) < 4.78 is 5.22. The van der Waals surface area contributed by atoms with Crippen LogP contribution in [-0.4, -0.2) is 43.6 Å². The molecule has 3 rings (SSSR count). The molecule has 31 heavy (non-hydrogen) atoms. The van der Waals surface area contributed by atoms with Crippen LogP contribution in [0.25, 0.3) is 0 Å². The number of hydrogen-bond donors (Lipinski definition) is 2. The molecular formula is C25H33N3O3. The quantitative estimate of drug-likeness (QED) is 0.690. The molecule has 1 heterocycles. The van der Waals surface area contributed by atoms with Gasteiger partial charge in [0.25, 0.3) is 5.91 Å². The van der Waals surface area contributed by atoms with E-state index in [4.69, 9.17) is 4.74 Å². The Morgan fingerprint density at radius 2 is 1.94 bits per heavy atom. The van der Waals surface area contributed by atoms with E-state index in [1.165, 1.54) is 0 Å². The summed E-state index contributed by atoms with van der Waals surface area (Å²) in [6.07, 6.45) is 2.78. The first-order chi connectivity index (χ1) is 15.0. The SMILES string of the molecule is CCNC(=O)N1CCCC(c2cccc(C(=O)NC(CC)c3ccc(OC)cc3)c2)C1. The Morgan fingerprint density at radius 1 is 1.16 bits per heavy atom. The van der Waals surface area contributed by atoms with Crippen LogP contribution in [0.3, 0.4) is 0 Å². The molecule has 1 aliphatic heterocycles. The molecule has 0 bridgehead atoms. The molecular weight excluding hydrogens is 390 g/mol. The number of ether oxygens (including phenoxy) is 1. The van der Waals surface area contributed by atoms with Crippen molar-refractivity contribution in [2.75, 3.05) is 26.7 Å². The molecule has 3 amide bonds. The van der Waals surface area contributed by atoms with Gasteiger partial charge in [0.15, 0.2) is 0 Å². The fourth-order valence-corrected chi connectivity index (χ4v) is 4.13. The van der Waals surface area contributed by atoms with Gasteiger partial charge in [0, 0.05) is 31.1 Å². The van der Waals surface area contributed by atoms with Gasteiger partial charge < -0.3 is 20.3 Å². The number of nitrogens with one attached hydrogen (secondary N) is 2. The molecule has 0 aromatic heterocycles. The van der Waals surface area contributed by atoms with E-state index in [0.717, 1.165) is 42.7 Å². The minimum Gasteiger partial charge on any atom is -0.497 e. The highest BCUT2D eigenvalue weighted by Gasteiger charge is 2.25. The van der Waals surface area contributed by atoms with Gasteiger partial charge in [-0.05, 0) is 61.6 Å². The molecule has 2 aromatic carbocycles. The van der Waals surface area contributed by atoms with Crippen molar-refractivity contribution in [2.45, 2.75) is 45.1 Å². The summed E-state index contributed by atoms with van der Waals surface area (Å²) >= 11 is 0. The smallest absolute Gasteiger partial charge is 0.317 e. The van der Waals surface area contributed by atoms with Crippen molar-refractivity contribution < 1.29 is 14.3 Å². The maximum absolute atomic E-state index is 13.0. The molecule has 0 radical (unpaired) electrons. The summed E-state index contributed by atoms with van der Waals surface area (Å²) in [6.45, 7) is 6.08. The summed E-state index contributed by atoms with van der Waals surface area (Å²) in [5, 5.41) is 6.04. The lowest BCUT2D eigenvalue weighted by molar-refractivity contribution is 0.0935. The fraction of sp³-hybridized carbons (Fsp3) is 0.440. The number of piperidine rings is 1. The lowest BCUT2D eigenvalue weighted by Gasteiger charge is -2.33.